The van der Waals surface area contributed by atoms with Crippen LogP contribution < -0.4 is 0 Å². The molecule has 28 heteroatoms. The molecular formula is C18F15O9S3Ti. The van der Waals surface area contributed by atoms with Crippen molar-refractivity contribution in [3.8, 4) is 0 Å². The van der Waals surface area contributed by atoms with Crippen LogP contribution in [0.1, 0.15) is 0 Å². The fourth-order valence-corrected chi connectivity index (χ4v) is 4.27. The Morgan fingerprint density at radius 2 is 0.348 bits per heavy atom. The van der Waals surface area contributed by atoms with Crippen LogP contribution in [0.5, 0.6) is 0 Å². The van der Waals surface area contributed by atoms with E-state index in [2.05, 4.69) is 0 Å². The van der Waals surface area contributed by atoms with Gasteiger partial charge in [-0.05, 0) is 0 Å². The molecule has 0 heterocycles. The van der Waals surface area contributed by atoms with Gasteiger partial charge in [0.1, 0.15) is 45.0 Å². The molecule has 1 radical (unpaired) electrons. The third kappa shape index (κ3) is 8.69. The van der Waals surface area contributed by atoms with Crippen molar-refractivity contribution in [1.82, 2.24) is 0 Å². The maximum absolute atomic E-state index is 12.6. The molecule has 0 saturated heterocycles. The van der Waals surface area contributed by atoms with Crippen LogP contribution >= 0.6 is 0 Å². The summed E-state index contributed by atoms with van der Waals surface area (Å²) in [5.74, 6) is -38.5. The van der Waals surface area contributed by atoms with Crippen molar-refractivity contribution >= 4 is 30.4 Å². The third-order valence-electron chi connectivity index (χ3n) is 4.26. The van der Waals surface area contributed by atoms with Crippen LogP contribution in [-0.2, 0) is 52.1 Å². The van der Waals surface area contributed by atoms with E-state index in [4.69, 9.17) is 0 Å². The first-order valence-electron chi connectivity index (χ1n) is 9.45. The summed E-state index contributed by atoms with van der Waals surface area (Å²) in [6, 6.07) is 0. The van der Waals surface area contributed by atoms with E-state index in [1.807, 2.05) is 0 Å². The third-order valence-corrected chi connectivity index (χ3v) is 6.83. The zero-order valence-corrected chi connectivity index (χ0v) is 24.1. The molecule has 0 amide bonds. The average molecular weight is 789 g/mol. The molecule has 0 fully saturated rings. The molecule has 0 aliphatic carbocycles. The first-order valence-corrected chi connectivity index (χ1v) is 13.7. The Balaban J connectivity index is 0.000000653. The Bertz CT molecular complexity index is 1720. The molecule has 0 aliphatic heterocycles. The zero-order valence-electron chi connectivity index (χ0n) is 20.1. The first-order chi connectivity index (χ1) is 20.0. The second-order valence-corrected chi connectivity index (χ2v) is 11.0. The fourth-order valence-electron chi connectivity index (χ4n) is 2.41. The molecular weight excluding hydrogens is 789 g/mol. The summed E-state index contributed by atoms with van der Waals surface area (Å²) in [6.45, 7) is 0. The van der Waals surface area contributed by atoms with E-state index in [-0.39, 0.29) is 21.7 Å². The smallest absolute Gasteiger partial charge is 0.744 e. The number of hydrogen-bond donors (Lipinski definition) is 0. The van der Waals surface area contributed by atoms with Gasteiger partial charge in [0.15, 0.2) is 69.8 Å². The Hall–Kier alpha value is -2.95. The van der Waals surface area contributed by atoms with Gasteiger partial charge < -0.3 is 13.7 Å². The van der Waals surface area contributed by atoms with E-state index in [1.54, 1.807) is 0 Å². The van der Waals surface area contributed by atoms with Gasteiger partial charge in [-0.2, -0.15) is 0 Å². The van der Waals surface area contributed by atoms with Gasteiger partial charge in [0.25, 0.3) is 0 Å². The quantitative estimate of drug-likeness (QED) is 0.126. The van der Waals surface area contributed by atoms with Gasteiger partial charge in [-0.25, -0.2) is 91.1 Å². The standard InChI is InChI=1S/3C6HF5O3S.Ti/c3*7-1-2(8)4(10)6(15(12,13)14)5(11)3(1)9;/h3*(H,12,13,14);/q;;;+3/p-3. The Morgan fingerprint density at radius 1 is 0.261 bits per heavy atom. The van der Waals surface area contributed by atoms with Gasteiger partial charge in [0.2, 0.25) is 17.5 Å². The van der Waals surface area contributed by atoms with Crippen molar-refractivity contribution < 1.29 is 126 Å². The maximum Gasteiger partial charge on any atom is 3.00 e. The molecule has 3 aromatic rings. The normalized spacial score (nSPS) is 11.6. The first kappa shape index (κ1) is 43.1. The molecule has 0 atom stereocenters. The van der Waals surface area contributed by atoms with Crippen LogP contribution in [0, 0.1) is 87.3 Å². The van der Waals surface area contributed by atoms with E-state index < -0.39 is 132 Å². The molecule has 0 unspecified atom stereocenters. The van der Waals surface area contributed by atoms with Crippen LogP contribution in [0.15, 0.2) is 14.7 Å². The second kappa shape index (κ2) is 14.9. The number of halogens is 15. The van der Waals surface area contributed by atoms with E-state index in [0.29, 0.717) is 0 Å². The summed E-state index contributed by atoms with van der Waals surface area (Å²) in [6.07, 6.45) is 0. The van der Waals surface area contributed by atoms with Crippen LogP contribution in [0.4, 0.5) is 65.9 Å². The molecule has 9 nitrogen and oxygen atoms in total. The molecule has 0 aliphatic rings. The Labute approximate surface area is 258 Å². The van der Waals surface area contributed by atoms with Gasteiger partial charge in [0, 0.05) is 0 Å². The number of rotatable bonds is 3. The molecule has 0 saturated carbocycles. The predicted molar refractivity (Wildman–Crippen MR) is 103 cm³/mol. The molecule has 46 heavy (non-hydrogen) atoms. The predicted octanol–water partition coefficient (Wildman–Crippen LogP) is 3.86. The Kier molecular flexibility index (Phi) is 13.9. The fraction of sp³-hybridized carbons (Fsp3) is 0. The summed E-state index contributed by atoms with van der Waals surface area (Å²) in [5.41, 5.74) is 0. The van der Waals surface area contributed by atoms with Crippen molar-refractivity contribution in [2.45, 2.75) is 14.7 Å². The topological polar surface area (TPSA) is 172 Å². The molecule has 253 valence electrons. The van der Waals surface area contributed by atoms with Gasteiger partial charge in [-0.3, -0.25) is 0 Å². The average Bonchev–Trinajstić information content (AvgIpc) is 2.89. The molecule has 0 spiro atoms. The summed E-state index contributed by atoms with van der Waals surface area (Å²) in [7, 11) is -17.3. The maximum atomic E-state index is 12.6. The largest absolute Gasteiger partial charge is 3.00 e. The van der Waals surface area contributed by atoms with Crippen LogP contribution in [0.25, 0.3) is 0 Å². The molecule has 0 N–H and O–H groups in total. The summed E-state index contributed by atoms with van der Waals surface area (Å²) >= 11 is 0. The number of hydrogen-bond acceptors (Lipinski definition) is 9. The Morgan fingerprint density at radius 3 is 0.435 bits per heavy atom. The van der Waals surface area contributed by atoms with E-state index in [9.17, 15) is 105 Å². The molecule has 3 aromatic carbocycles. The number of benzene rings is 3. The zero-order chi connectivity index (χ0) is 35.9. The van der Waals surface area contributed by atoms with Crippen molar-refractivity contribution in [3.05, 3.63) is 87.3 Å². The monoisotopic (exact) mass is 789 g/mol. The van der Waals surface area contributed by atoms with Crippen LogP contribution in [0.2, 0.25) is 0 Å². The van der Waals surface area contributed by atoms with E-state index in [0.717, 1.165) is 0 Å². The molecule has 3 rings (SSSR count). The van der Waals surface area contributed by atoms with Crippen molar-refractivity contribution in [2.24, 2.45) is 0 Å². The second-order valence-electron chi connectivity index (χ2n) is 7.06. The minimum atomic E-state index is -5.77. The van der Waals surface area contributed by atoms with Crippen molar-refractivity contribution in [3.63, 3.8) is 0 Å². The molecule has 0 aromatic heterocycles. The van der Waals surface area contributed by atoms with Crippen molar-refractivity contribution in [2.75, 3.05) is 0 Å². The van der Waals surface area contributed by atoms with Crippen LogP contribution in [0.3, 0.4) is 0 Å². The summed E-state index contributed by atoms with van der Waals surface area (Å²) < 4.78 is 279. The summed E-state index contributed by atoms with van der Waals surface area (Å²) in [5, 5.41) is 0. The van der Waals surface area contributed by atoms with Gasteiger partial charge in [-0.15, -0.1) is 0 Å². The van der Waals surface area contributed by atoms with E-state index in [1.165, 1.54) is 0 Å². The van der Waals surface area contributed by atoms with Gasteiger partial charge >= 0.3 is 21.7 Å². The van der Waals surface area contributed by atoms with E-state index >= 15 is 0 Å². The SMILES string of the molecule is O=S(=O)([O-])c1c(F)c(F)c(F)c(F)c1F.O=S(=O)([O-])c1c(F)c(F)c(F)c(F)c1F.O=S(=O)([O-])c1c(F)c(F)c(F)c(F)c1F.[Ti+3]. The van der Waals surface area contributed by atoms with Crippen LogP contribution in [-0.4, -0.2) is 38.9 Å². The minimum Gasteiger partial charge on any atom is -0.744 e. The minimum absolute atomic E-state index is 0. The molecule has 0 bridgehead atoms. The van der Waals surface area contributed by atoms with Gasteiger partial charge in [-0.1, -0.05) is 0 Å². The van der Waals surface area contributed by atoms with Gasteiger partial charge in [0.05, 0.1) is 0 Å². The van der Waals surface area contributed by atoms with Crippen molar-refractivity contribution in [1.29, 1.82) is 0 Å². The summed E-state index contributed by atoms with van der Waals surface area (Å²) in [4.78, 5) is -7.13.